The number of aliphatic hydroxyl groups excluding tert-OH is 1. The van der Waals surface area contributed by atoms with Gasteiger partial charge in [-0.1, -0.05) is 91.9 Å². The second kappa shape index (κ2) is 12.3. The Morgan fingerprint density at radius 3 is 2.38 bits per heavy atom. The van der Waals surface area contributed by atoms with Crippen LogP contribution >= 0.6 is 0 Å². The van der Waals surface area contributed by atoms with E-state index in [1.165, 1.54) is 6.92 Å². The SMILES string of the molecule is CC(=O)NCc1ccccc1-c1ccc([C@@H]2O[C@H](Cn3cnc4ccccc43)[C@H](C)[C@H](c3ccc(CO)cc3)O2)cc1. The zero-order chi connectivity index (χ0) is 29.1. The number of aromatic nitrogens is 2. The van der Waals surface area contributed by atoms with Gasteiger partial charge in [0.1, 0.15) is 0 Å². The van der Waals surface area contributed by atoms with E-state index in [-0.39, 0.29) is 30.6 Å². The van der Waals surface area contributed by atoms with Crippen LogP contribution in [0.25, 0.3) is 22.2 Å². The highest BCUT2D eigenvalue weighted by molar-refractivity contribution is 5.75. The van der Waals surface area contributed by atoms with E-state index in [0.29, 0.717) is 13.1 Å². The third kappa shape index (κ3) is 5.85. The Morgan fingerprint density at radius 1 is 0.905 bits per heavy atom. The van der Waals surface area contributed by atoms with Crippen LogP contribution in [0.15, 0.2) is 103 Å². The molecule has 0 unspecified atom stereocenters. The Bertz CT molecular complexity index is 1660. The lowest BCUT2D eigenvalue weighted by molar-refractivity contribution is -0.276. The summed E-state index contributed by atoms with van der Waals surface area (Å²) in [5.74, 6) is 0.00194. The molecule has 1 aliphatic rings. The van der Waals surface area contributed by atoms with Crippen LogP contribution in [0.5, 0.6) is 0 Å². The van der Waals surface area contributed by atoms with E-state index in [1.807, 2.05) is 67.0 Å². The van der Waals surface area contributed by atoms with Crippen molar-refractivity contribution in [2.45, 2.75) is 52.0 Å². The molecule has 4 aromatic carbocycles. The molecule has 0 spiro atoms. The number of nitrogens with one attached hydrogen (secondary N) is 1. The summed E-state index contributed by atoms with van der Waals surface area (Å²) in [6.07, 6.45) is 0.979. The van der Waals surface area contributed by atoms with Crippen LogP contribution in [0, 0.1) is 5.92 Å². The van der Waals surface area contributed by atoms with Gasteiger partial charge in [-0.2, -0.15) is 0 Å². The molecule has 2 N–H and O–H groups in total. The molecule has 2 heterocycles. The molecule has 1 aromatic heterocycles. The van der Waals surface area contributed by atoms with Crippen LogP contribution in [-0.4, -0.2) is 26.7 Å². The number of hydrogen-bond donors (Lipinski definition) is 2. The van der Waals surface area contributed by atoms with Crippen molar-refractivity contribution < 1.29 is 19.4 Å². The number of nitrogens with zero attached hydrogens (tertiary/aromatic N) is 2. The summed E-state index contributed by atoms with van der Waals surface area (Å²) in [6.45, 7) is 4.81. The molecule has 5 aromatic rings. The van der Waals surface area contributed by atoms with Crippen molar-refractivity contribution in [1.82, 2.24) is 14.9 Å². The van der Waals surface area contributed by atoms with Gasteiger partial charge in [0, 0.05) is 24.9 Å². The van der Waals surface area contributed by atoms with Crippen molar-refractivity contribution in [3.63, 3.8) is 0 Å². The summed E-state index contributed by atoms with van der Waals surface area (Å²) in [7, 11) is 0. The lowest BCUT2D eigenvalue weighted by atomic mass is 9.90. The van der Waals surface area contributed by atoms with E-state index in [4.69, 9.17) is 9.47 Å². The Kier molecular flexibility index (Phi) is 8.15. The molecule has 42 heavy (non-hydrogen) atoms. The molecule has 1 amide bonds. The minimum Gasteiger partial charge on any atom is -0.392 e. The Labute approximate surface area is 245 Å². The number of ether oxygens (including phenoxy) is 2. The van der Waals surface area contributed by atoms with Crippen molar-refractivity contribution in [3.8, 4) is 11.1 Å². The Morgan fingerprint density at radius 2 is 1.62 bits per heavy atom. The number of hydrogen-bond acceptors (Lipinski definition) is 5. The third-order valence-corrected chi connectivity index (χ3v) is 8.07. The molecule has 1 aliphatic heterocycles. The lowest BCUT2D eigenvalue weighted by Crippen LogP contribution is -2.39. The van der Waals surface area contributed by atoms with E-state index in [0.717, 1.165) is 44.4 Å². The van der Waals surface area contributed by atoms with E-state index >= 15 is 0 Å². The molecule has 0 bridgehead atoms. The van der Waals surface area contributed by atoms with Gasteiger partial charge in [-0.3, -0.25) is 4.79 Å². The van der Waals surface area contributed by atoms with E-state index in [2.05, 4.69) is 58.2 Å². The van der Waals surface area contributed by atoms with Crippen LogP contribution in [0.4, 0.5) is 0 Å². The standard InChI is InChI=1S/C35H35N3O4/c1-23-33(20-38-22-37-31-9-5-6-10-32(31)38)41-35(42-34(23)27-13-11-25(21-39)12-14-27)28-17-15-26(16-18-28)30-8-4-3-7-29(30)19-36-24(2)40/h3-18,22-23,33-35,39H,19-21H2,1-2H3,(H,36,40)/t23-,33+,34+,35+/m0/s1. The number of fused-ring (bicyclic) bond motifs is 1. The quantitative estimate of drug-likeness (QED) is 0.232. The first-order valence-corrected chi connectivity index (χ1v) is 14.3. The smallest absolute Gasteiger partial charge is 0.217 e. The second-order valence-electron chi connectivity index (χ2n) is 10.9. The molecule has 0 radical (unpaired) electrons. The maximum Gasteiger partial charge on any atom is 0.217 e. The zero-order valence-electron chi connectivity index (χ0n) is 23.8. The van der Waals surface area contributed by atoms with Crippen molar-refractivity contribution in [1.29, 1.82) is 0 Å². The van der Waals surface area contributed by atoms with Crippen molar-refractivity contribution in [2.24, 2.45) is 5.92 Å². The molecule has 1 fully saturated rings. The maximum absolute atomic E-state index is 11.5. The van der Waals surface area contributed by atoms with Gasteiger partial charge in [0.15, 0.2) is 6.29 Å². The van der Waals surface area contributed by atoms with E-state index < -0.39 is 6.29 Å². The number of amides is 1. The maximum atomic E-state index is 11.5. The Hall–Kier alpha value is -4.30. The highest BCUT2D eigenvalue weighted by Gasteiger charge is 2.38. The van der Waals surface area contributed by atoms with Gasteiger partial charge in [-0.05, 0) is 39.9 Å². The van der Waals surface area contributed by atoms with Crippen molar-refractivity contribution in [3.05, 3.63) is 126 Å². The zero-order valence-corrected chi connectivity index (χ0v) is 23.8. The normalized spacial score (nSPS) is 20.5. The monoisotopic (exact) mass is 561 g/mol. The Balaban J connectivity index is 1.29. The van der Waals surface area contributed by atoms with Crippen LogP contribution in [0.1, 0.15) is 48.5 Å². The number of para-hydroxylation sites is 2. The second-order valence-corrected chi connectivity index (χ2v) is 10.9. The molecule has 7 nitrogen and oxygen atoms in total. The summed E-state index contributed by atoms with van der Waals surface area (Å²) in [6, 6.07) is 32.4. The fourth-order valence-electron chi connectivity index (χ4n) is 5.67. The first kappa shape index (κ1) is 27.8. The molecule has 6 rings (SSSR count). The molecular formula is C35H35N3O4. The van der Waals surface area contributed by atoms with Gasteiger partial charge in [-0.15, -0.1) is 0 Å². The first-order valence-electron chi connectivity index (χ1n) is 14.3. The highest BCUT2D eigenvalue weighted by Crippen LogP contribution is 2.42. The molecule has 0 saturated carbocycles. The van der Waals surface area contributed by atoms with Gasteiger partial charge < -0.3 is 24.5 Å². The average molecular weight is 562 g/mol. The molecule has 1 saturated heterocycles. The third-order valence-electron chi connectivity index (χ3n) is 8.07. The van der Waals surface area contributed by atoms with Gasteiger partial charge in [0.25, 0.3) is 0 Å². The van der Waals surface area contributed by atoms with Gasteiger partial charge >= 0.3 is 0 Å². The van der Waals surface area contributed by atoms with Crippen LogP contribution in [0.3, 0.4) is 0 Å². The number of carbonyl (C=O) groups excluding carboxylic acids is 1. The number of imidazole rings is 1. The summed E-state index contributed by atoms with van der Waals surface area (Å²) < 4.78 is 15.5. The predicted octanol–water partition coefficient (Wildman–Crippen LogP) is 6.32. The molecule has 214 valence electrons. The van der Waals surface area contributed by atoms with Crippen molar-refractivity contribution in [2.75, 3.05) is 0 Å². The van der Waals surface area contributed by atoms with Crippen LogP contribution in [0.2, 0.25) is 0 Å². The van der Waals surface area contributed by atoms with Crippen LogP contribution < -0.4 is 5.32 Å². The molecular weight excluding hydrogens is 526 g/mol. The van der Waals surface area contributed by atoms with E-state index in [9.17, 15) is 9.90 Å². The summed E-state index contributed by atoms with van der Waals surface area (Å²) >= 11 is 0. The predicted molar refractivity (Wildman–Crippen MR) is 162 cm³/mol. The molecule has 4 atom stereocenters. The average Bonchev–Trinajstić information content (AvgIpc) is 3.44. The fraction of sp³-hybridized carbons (Fsp3) is 0.257. The summed E-state index contributed by atoms with van der Waals surface area (Å²) in [4.78, 5) is 16.1. The topological polar surface area (TPSA) is 85.6 Å². The minimum absolute atomic E-state index is 0.00368. The van der Waals surface area contributed by atoms with Crippen LogP contribution in [-0.2, 0) is 34.0 Å². The number of benzene rings is 4. The van der Waals surface area contributed by atoms with Gasteiger partial charge in [0.2, 0.25) is 5.91 Å². The molecule has 0 aliphatic carbocycles. The van der Waals surface area contributed by atoms with Gasteiger partial charge in [-0.25, -0.2) is 4.98 Å². The minimum atomic E-state index is -0.563. The number of aliphatic hydroxyl groups is 1. The fourth-order valence-corrected chi connectivity index (χ4v) is 5.67. The van der Waals surface area contributed by atoms with Crippen molar-refractivity contribution >= 4 is 16.9 Å². The number of carbonyl (C=O) groups is 1. The molecule has 7 heteroatoms. The lowest BCUT2D eigenvalue weighted by Gasteiger charge is -2.41. The largest absolute Gasteiger partial charge is 0.392 e. The highest BCUT2D eigenvalue weighted by atomic mass is 16.7. The number of rotatable bonds is 8. The van der Waals surface area contributed by atoms with E-state index in [1.54, 1.807) is 0 Å². The first-order chi connectivity index (χ1) is 20.5. The summed E-state index contributed by atoms with van der Waals surface area (Å²) in [5.41, 5.74) is 8.07. The summed E-state index contributed by atoms with van der Waals surface area (Å²) in [5, 5.41) is 12.5. The van der Waals surface area contributed by atoms with Gasteiger partial charge in [0.05, 0.1) is 42.7 Å².